The quantitative estimate of drug-likeness (QED) is 0.773. The topological polar surface area (TPSA) is 58.6 Å². The van der Waals surface area contributed by atoms with Crippen molar-refractivity contribution in [2.24, 2.45) is 0 Å². The van der Waals surface area contributed by atoms with Crippen LogP contribution in [0.15, 0.2) is 59.7 Å². The van der Waals surface area contributed by atoms with Crippen molar-refractivity contribution >= 4 is 0 Å². The van der Waals surface area contributed by atoms with E-state index in [-0.39, 0.29) is 5.56 Å². The van der Waals surface area contributed by atoms with Gasteiger partial charge in [0.05, 0.1) is 5.69 Å². The fraction of sp³-hybridized carbons (Fsp3) is 0.0625. The summed E-state index contributed by atoms with van der Waals surface area (Å²) in [6, 6.07) is 13.1. The molecule has 0 atom stereocenters. The van der Waals surface area contributed by atoms with E-state index in [0.717, 1.165) is 16.7 Å². The van der Waals surface area contributed by atoms with Crippen LogP contribution >= 0.6 is 0 Å². The van der Waals surface area contributed by atoms with E-state index >= 15 is 0 Å². The molecule has 0 aliphatic carbocycles. The molecule has 0 saturated heterocycles. The fourth-order valence-corrected chi connectivity index (χ4v) is 2.05. The number of aryl methyl sites for hydroxylation is 1. The Morgan fingerprint density at radius 2 is 1.90 bits per heavy atom. The van der Waals surface area contributed by atoms with Gasteiger partial charge in [-0.1, -0.05) is 23.8 Å². The van der Waals surface area contributed by atoms with E-state index in [2.05, 4.69) is 15.0 Å². The smallest absolute Gasteiger partial charge is 0.251 e. The van der Waals surface area contributed by atoms with Gasteiger partial charge in [0, 0.05) is 29.6 Å². The maximum absolute atomic E-state index is 11.8. The molecule has 20 heavy (non-hydrogen) atoms. The second-order valence-electron chi connectivity index (χ2n) is 4.59. The van der Waals surface area contributed by atoms with Gasteiger partial charge in [-0.2, -0.15) is 0 Å². The van der Waals surface area contributed by atoms with E-state index in [1.54, 1.807) is 12.4 Å². The summed E-state index contributed by atoms with van der Waals surface area (Å²) in [4.78, 5) is 23.1. The Morgan fingerprint density at radius 1 is 1.05 bits per heavy atom. The summed E-state index contributed by atoms with van der Waals surface area (Å²) in [5.74, 6) is 0.530. The van der Waals surface area contributed by atoms with E-state index in [9.17, 15) is 4.79 Å². The Kier molecular flexibility index (Phi) is 3.13. The lowest BCUT2D eigenvalue weighted by atomic mass is 10.1. The van der Waals surface area contributed by atoms with Gasteiger partial charge in [-0.05, 0) is 25.1 Å². The average molecular weight is 263 g/mol. The molecule has 4 nitrogen and oxygen atoms in total. The summed E-state index contributed by atoms with van der Waals surface area (Å²) in [5, 5.41) is 0. The minimum atomic E-state index is -0.171. The van der Waals surface area contributed by atoms with Crippen molar-refractivity contribution in [3.63, 3.8) is 0 Å². The third-order valence-electron chi connectivity index (χ3n) is 2.99. The Balaban J connectivity index is 2.15. The lowest BCUT2D eigenvalue weighted by molar-refractivity contribution is 1.12. The van der Waals surface area contributed by atoms with Gasteiger partial charge in [-0.15, -0.1) is 0 Å². The predicted octanol–water partition coefficient (Wildman–Crippen LogP) is 2.81. The molecule has 0 bridgehead atoms. The number of pyridine rings is 1. The summed E-state index contributed by atoms with van der Waals surface area (Å²) >= 11 is 0. The fourth-order valence-electron chi connectivity index (χ4n) is 2.05. The molecule has 1 N–H and O–H groups in total. The Bertz CT molecular complexity index is 794. The second kappa shape index (κ2) is 5.09. The van der Waals surface area contributed by atoms with E-state index in [1.165, 1.54) is 6.07 Å². The highest BCUT2D eigenvalue weighted by atomic mass is 16.1. The molecule has 2 aromatic heterocycles. The summed E-state index contributed by atoms with van der Waals surface area (Å²) < 4.78 is 0. The van der Waals surface area contributed by atoms with Gasteiger partial charge in [0.1, 0.15) is 5.82 Å². The van der Waals surface area contributed by atoms with Crippen LogP contribution in [-0.2, 0) is 0 Å². The zero-order chi connectivity index (χ0) is 13.9. The van der Waals surface area contributed by atoms with E-state index in [4.69, 9.17) is 0 Å². The van der Waals surface area contributed by atoms with Gasteiger partial charge in [0.25, 0.3) is 5.56 Å². The molecule has 0 saturated carbocycles. The Morgan fingerprint density at radius 3 is 2.65 bits per heavy atom. The Hall–Kier alpha value is -2.75. The van der Waals surface area contributed by atoms with Crippen LogP contribution in [0.5, 0.6) is 0 Å². The van der Waals surface area contributed by atoms with E-state index in [0.29, 0.717) is 11.5 Å². The zero-order valence-electron chi connectivity index (χ0n) is 11.0. The summed E-state index contributed by atoms with van der Waals surface area (Å²) in [7, 11) is 0. The largest absolute Gasteiger partial charge is 0.306 e. The second-order valence-corrected chi connectivity index (χ2v) is 4.59. The molecule has 0 amide bonds. The standard InChI is InChI=1S/C16H13N3O/c1-11-4-2-5-12(8-11)14-9-15(20)19-16(18-14)13-6-3-7-17-10-13/h2-10H,1H3,(H,18,19,20). The number of hydrogen-bond acceptors (Lipinski definition) is 3. The van der Waals surface area contributed by atoms with Gasteiger partial charge >= 0.3 is 0 Å². The number of nitrogens with zero attached hydrogens (tertiary/aromatic N) is 2. The number of aromatic nitrogens is 3. The first-order chi connectivity index (χ1) is 9.72. The minimum absolute atomic E-state index is 0.171. The number of hydrogen-bond donors (Lipinski definition) is 1. The highest BCUT2D eigenvalue weighted by Gasteiger charge is 2.06. The van der Waals surface area contributed by atoms with Crippen molar-refractivity contribution < 1.29 is 0 Å². The molecule has 0 radical (unpaired) electrons. The molecule has 0 spiro atoms. The molecule has 0 aliphatic rings. The lowest BCUT2D eigenvalue weighted by Gasteiger charge is -2.05. The van der Waals surface area contributed by atoms with Crippen molar-refractivity contribution in [3.8, 4) is 22.6 Å². The average Bonchev–Trinajstić information content (AvgIpc) is 2.47. The van der Waals surface area contributed by atoms with Crippen molar-refractivity contribution in [2.45, 2.75) is 6.92 Å². The van der Waals surface area contributed by atoms with Crippen LogP contribution in [0.2, 0.25) is 0 Å². The zero-order valence-corrected chi connectivity index (χ0v) is 11.0. The number of aromatic amines is 1. The van der Waals surface area contributed by atoms with Crippen molar-refractivity contribution in [2.75, 3.05) is 0 Å². The molecule has 2 heterocycles. The lowest BCUT2D eigenvalue weighted by Crippen LogP contribution is -2.08. The molecule has 1 aromatic carbocycles. The molecule has 3 rings (SSSR count). The number of H-pyrrole nitrogens is 1. The molecule has 0 aliphatic heterocycles. The van der Waals surface area contributed by atoms with Crippen molar-refractivity contribution in [1.29, 1.82) is 0 Å². The molecule has 0 fully saturated rings. The maximum atomic E-state index is 11.8. The third-order valence-corrected chi connectivity index (χ3v) is 2.99. The molecular formula is C16H13N3O. The van der Waals surface area contributed by atoms with Crippen LogP contribution in [0.25, 0.3) is 22.6 Å². The van der Waals surface area contributed by atoms with Crippen LogP contribution in [0.4, 0.5) is 0 Å². The van der Waals surface area contributed by atoms with Crippen molar-refractivity contribution in [1.82, 2.24) is 15.0 Å². The van der Waals surface area contributed by atoms with Crippen LogP contribution < -0.4 is 5.56 Å². The van der Waals surface area contributed by atoms with Gasteiger partial charge in [0.15, 0.2) is 0 Å². The molecule has 3 aromatic rings. The third kappa shape index (κ3) is 2.49. The van der Waals surface area contributed by atoms with Gasteiger partial charge in [-0.25, -0.2) is 4.98 Å². The first kappa shape index (κ1) is 12.3. The van der Waals surface area contributed by atoms with E-state index in [1.807, 2.05) is 43.3 Å². The van der Waals surface area contributed by atoms with Crippen LogP contribution in [0.3, 0.4) is 0 Å². The molecular weight excluding hydrogens is 250 g/mol. The molecule has 98 valence electrons. The Labute approximate surface area is 116 Å². The van der Waals surface area contributed by atoms with Gasteiger partial charge in [0.2, 0.25) is 0 Å². The van der Waals surface area contributed by atoms with Gasteiger partial charge in [-0.3, -0.25) is 9.78 Å². The summed E-state index contributed by atoms with van der Waals surface area (Å²) in [5.41, 5.74) is 3.35. The summed E-state index contributed by atoms with van der Waals surface area (Å²) in [6.07, 6.45) is 3.37. The molecule has 4 heteroatoms. The SMILES string of the molecule is Cc1cccc(-c2cc(=O)[nH]c(-c3cccnc3)n2)c1. The number of nitrogens with one attached hydrogen (secondary N) is 1. The maximum Gasteiger partial charge on any atom is 0.251 e. The highest BCUT2D eigenvalue weighted by molar-refractivity contribution is 5.63. The summed E-state index contributed by atoms with van der Waals surface area (Å²) in [6.45, 7) is 2.01. The van der Waals surface area contributed by atoms with Crippen LogP contribution in [0, 0.1) is 6.92 Å². The van der Waals surface area contributed by atoms with Crippen LogP contribution in [0.1, 0.15) is 5.56 Å². The molecule has 0 unspecified atom stereocenters. The monoisotopic (exact) mass is 263 g/mol. The highest BCUT2D eigenvalue weighted by Crippen LogP contribution is 2.19. The van der Waals surface area contributed by atoms with Crippen LogP contribution in [-0.4, -0.2) is 15.0 Å². The number of rotatable bonds is 2. The first-order valence-corrected chi connectivity index (χ1v) is 6.31. The van der Waals surface area contributed by atoms with Crippen molar-refractivity contribution in [3.05, 3.63) is 70.8 Å². The predicted molar refractivity (Wildman–Crippen MR) is 78.3 cm³/mol. The first-order valence-electron chi connectivity index (χ1n) is 6.31. The normalized spacial score (nSPS) is 10.4. The minimum Gasteiger partial charge on any atom is -0.306 e. The van der Waals surface area contributed by atoms with E-state index < -0.39 is 0 Å². The van der Waals surface area contributed by atoms with Gasteiger partial charge < -0.3 is 4.98 Å². The number of benzene rings is 1.